The van der Waals surface area contributed by atoms with Crippen LogP contribution in [-0.2, 0) is 4.79 Å². The van der Waals surface area contributed by atoms with Gasteiger partial charge in [0.25, 0.3) is 5.91 Å². The van der Waals surface area contributed by atoms with Gasteiger partial charge in [-0.3, -0.25) is 9.59 Å². The van der Waals surface area contributed by atoms with Gasteiger partial charge in [-0.1, -0.05) is 37.3 Å². The molecule has 3 aromatic rings. The van der Waals surface area contributed by atoms with Crippen molar-refractivity contribution in [1.82, 2.24) is 10.2 Å². The lowest BCUT2D eigenvalue weighted by molar-refractivity contribution is -0.127. The zero-order valence-corrected chi connectivity index (χ0v) is 15.5. The van der Waals surface area contributed by atoms with E-state index in [9.17, 15) is 14.4 Å². The predicted octanol–water partition coefficient (Wildman–Crippen LogP) is 2.81. The fourth-order valence-corrected chi connectivity index (χ4v) is 3.61. The predicted molar refractivity (Wildman–Crippen MR) is 106 cm³/mol. The summed E-state index contributed by atoms with van der Waals surface area (Å²) in [5.74, 6) is -0.345. The fourth-order valence-electron chi connectivity index (χ4n) is 3.61. The Morgan fingerprint density at radius 1 is 1.14 bits per heavy atom. The highest BCUT2D eigenvalue weighted by atomic mass is 16.4. The molecule has 4 rings (SSSR count). The Bertz CT molecular complexity index is 1120. The minimum absolute atomic E-state index is 0.131. The highest BCUT2D eigenvalue weighted by molar-refractivity contribution is 5.99. The van der Waals surface area contributed by atoms with Crippen molar-refractivity contribution in [3.63, 3.8) is 0 Å². The maximum atomic E-state index is 13.0. The number of hydrogen-bond donors (Lipinski definition) is 1. The van der Waals surface area contributed by atoms with Crippen LogP contribution in [0, 0.1) is 0 Å². The molecule has 28 heavy (non-hydrogen) atoms. The maximum absolute atomic E-state index is 13.0. The molecule has 1 fully saturated rings. The van der Waals surface area contributed by atoms with E-state index in [2.05, 4.69) is 5.32 Å². The average Bonchev–Trinajstić information content (AvgIpc) is 2.72. The van der Waals surface area contributed by atoms with E-state index in [0.717, 1.165) is 5.39 Å². The Morgan fingerprint density at radius 2 is 1.96 bits per heavy atom. The quantitative estimate of drug-likeness (QED) is 0.713. The van der Waals surface area contributed by atoms with Crippen molar-refractivity contribution in [1.29, 1.82) is 0 Å². The first kappa shape index (κ1) is 18.0. The number of amides is 2. The summed E-state index contributed by atoms with van der Waals surface area (Å²) in [5.41, 5.74) is 1.52. The molecule has 6 nitrogen and oxygen atoms in total. The van der Waals surface area contributed by atoms with Crippen LogP contribution < -0.4 is 10.9 Å². The van der Waals surface area contributed by atoms with E-state index < -0.39 is 11.7 Å². The van der Waals surface area contributed by atoms with E-state index in [1.807, 2.05) is 25.1 Å². The van der Waals surface area contributed by atoms with Gasteiger partial charge in [0, 0.05) is 24.0 Å². The van der Waals surface area contributed by atoms with Gasteiger partial charge < -0.3 is 14.6 Å². The molecule has 1 atom stereocenters. The number of carbonyl (C=O) groups excluding carboxylic acids is 2. The summed E-state index contributed by atoms with van der Waals surface area (Å²) in [6.07, 6.45) is 0.547. The highest BCUT2D eigenvalue weighted by Crippen LogP contribution is 2.23. The highest BCUT2D eigenvalue weighted by Gasteiger charge is 2.32. The maximum Gasteiger partial charge on any atom is 0.344 e. The van der Waals surface area contributed by atoms with E-state index in [1.165, 1.54) is 0 Å². The van der Waals surface area contributed by atoms with Gasteiger partial charge in [0.1, 0.15) is 11.6 Å². The van der Waals surface area contributed by atoms with Crippen LogP contribution in [0.2, 0.25) is 0 Å². The van der Waals surface area contributed by atoms with Crippen LogP contribution in [0.25, 0.3) is 22.1 Å². The van der Waals surface area contributed by atoms with Crippen LogP contribution in [0.15, 0.2) is 63.8 Å². The SMILES string of the molecule is CCC1C(=O)NCCN1C(=O)c1cccc(-c2cc3ccccc3oc2=O)c1. The minimum Gasteiger partial charge on any atom is -0.422 e. The Kier molecular flexibility index (Phi) is 4.69. The first-order valence-electron chi connectivity index (χ1n) is 9.30. The monoisotopic (exact) mass is 376 g/mol. The summed E-state index contributed by atoms with van der Waals surface area (Å²) >= 11 is 0. The zero-order chi connectivity index (χ0) is 19.7. The molecular formula is C22H20N2O4. The van der Waals surface area contributed by atoms with Gasteiger partial charge in [0.15, 0.2) is 0 Å². The number of rotatable bonds is 3. The van der Waals surface area contributed by atoms with Crippen molar-refractivity contribution in [2.24, 2.45) is 0 Å². The summed E-state index contributed by atoms with van der Waals surface area (Å²) in [5, 5.41) is 3.61. The molecule has 1 aliphatic rings. The molecule has 1 N–H and O–H groups in total. The van der Waals surface area contributed by atoms with E-state index in [1.54, 1.807) is 41.3 Å². The molecule has 0 radical (unpaired) electrons. The molecule has 0 saturated carbocycles. The first-order valence-corrected chi connectivity index (χ1v) is 9.30. The van der Waals surface area contributed by atoms with Crippen molar-refractivity contribution >= 4 is 22.8 Å². The summed E-state index contributed by atoms with van der Waals surface area (Å²) in [6.45, 7) is 2.78. The Labute approximate surface area is 161 Å². The van der Waals surface area contributed by atoms with Crippen LogP contribution >= 0.6 is 0 Å². The third-order valence-electron chi connectivity index (χ3n) is 5.04. The molecular weight excluding hydrogens is 356 g/mol. The number of nitrogens with zero attached hydrogens (tertiary/aromatic N) is 1. The summed E-state index contributed by atoms with van der Waals surface area (Å²) < 4.78 is 5.41. The second-order valence-electron chi connectivity index (χ2n) is 6.78. The number of piperazine rings is 1. The van der Waals surface area contributed by atoms with Crippen molar-refractivity contribution < 1.29 is 14.0 Å². The van der Waals surface area contributed by atoms with Crippen molar-refractivity contribution in [3.05, 3.63) is 70.6 Å². The number of nitrogens with one attached hydrogen (secondary N) is 1. The lowest BCUT2D eigenvalue weighted by Crippen LogP contribution is -2.56. The molecule has 1 aliphatic heterocycles. The third kappa shape index (κ3) is 3.17. The summed E-state index contributed by atoms with van der Waals surface area (Å²) in [4.78, 5) is 39.2. The van der Waals surface area contributed by atoms with Crippen LogP contribution in [-0.4, -0.2) is 35.8 Å². The van der Waals surface area contributed by atoms with Gasteiger partial charge in [0.2, 0.25) is 5.91 Å². The minimum atomic E-state index is -0.476. The standard InChI is InChI=1S/C22H20N2O4/c1-2-18-20(25)23-10-11-24(18)21(26)16-8-5-7-14(12-16)17-13-15-6-3-4-9-19(15)28-22(17)27/h3-9,12-13,18H,2,10-11H2,1H3,(H,23,25). The Balaban J connectivity index is 1.72. The van der Waals surface area contributed by atoms with E-state index >= 15 is 0 Å². The van der Waals surface area contributed by atoms with Gasteiger partial charge in [-0.15, -0.1) is 0 Å². The normalized spacial score (nSPS) is 16.8. The molecule has 6 heteroatoms. The summed E-state index contributed by atoms with van der Waals surface area (Å²) in [7, 11) is 0. The molecule has 1 unspecified atom stereocenters. The molecule has 1 aromatic heterocycles. The number of hydrogen-bond acceptors (Lipinski definition) is 4. The Morgan fingerprint density at radius 3 is 2.79 bits per heavy atom. The molecule has 2 heterocycles. The summed E-state index contributed by atoms with van der Waals surface area (Å²) in [6, 6.07) is 15.5. The van der Waals surface area contributed by atoms with Crippen LogP contribution in [0.3, 0.4) is 0 Å². The zero-order valence-electron chi connectivity index (χ0n) is 15.5. The van der Waals surface area contributed by atoms with Gasteiger partial charge in [0.05, 0.1) is 5.56 Å². The Hall–Kier alpha value is -3.41. The van der Waals surface area contributed by atoms with Gasteiger partial charge in [-0.05, 0) is 36.2 Å². The molecule has 2 amide bonds. The van der Waals surface area contributed by atoms with E-state index in [-0.39, 0.29) is 11.8 Å². The number of fused-ring (bicyclic) bond motifs is 1. The van der Waals surface area contributed by atoms with Crippen LogP contribution in [0.4, 0.5) is 0 Å². The molecule has 0 bridgehead atoms. The average molecular weight is 376 g/mol. The lowest BCUT2D eigenvalue weighted by Gasteiger charge is -2.34. The van der Waals surface area contributed by atoms with Gasteiger partial charge in [-0.25, -0.2) is 4.79 Å². The third-order valence-corrected chi connectivity index (χ3v) is 5.04. The van der Waals surface area contributed by atoms with Crippen molar-refractivity contribution in [3.8, 4) is 11.1 Å². The molecule has 0 spiro atoms. The smallest absolute Gasteiger partial charge is 0.344 e. The van der Waals surface area contributed by atoms with Crippen molar-refractivity contribution in [2.45, 2.75) is 19.4 Å². The molecule has 142 valence electrons. The second-order valence-corrected chi connectivity index (χ2v) is 6.78. The largest absolute Gasteiger partial charge is 0.422 e. The van der Waals surface area contributed by atoms with E-state index in [0.29, 0.717) is 41.8 Å². The lowest BCUT2D eigenvalue weighted by atomic mass is 10.0. The van der Waals surface area contributed by atoms with Crippen LogP contribution in [0.1, 0.15) is 23.7 Å². The number of para-hydroxylation sites is 1. The van der Waals surface area contributed by atoms with Gasteiger partial charge in [-0.2, -0.15) is 0 Å². The number of benzene rings is 2. The topological polar surface area (TPSA) is 79.6 Å². The molecule has 1 saturated heterocycles. The van der Waals surface area contributed by atoms with E-state index in [4.69, 9.17) is 4.42 Å². The molecule has 2 aromatic carbocycles. The van der Waals surface area contributed by atoms with Crippen LogP contribution in [0.5, 0.6) is 0 Å². The van der Waals surface area contributed by atoms with Crippen molar-refractivity contribution in [2.75, 3.05) is 13.1 Å². The fraction of sp³-hybridized carbons (Fsp3) is 0.227. The van der Waals surface area contributed by atoms with Gasteiger partial charge >= 0.3 is 5.63 Å². The number of carbonyl (C=O) groups is 2. The molecule has 0 aliphatic carbocycles. The second kappa shape index (κ2) is 7.31. The first-order chi connectivity index (χ1) is 13.6.